The van der Waals surface area contributed by atoms with Crippen LogP contribution in [0.4, 0.5) is 5.95 Å². The summed E-state index contributed by atoms with van der Waals surface area (Å²) in [5, 5.41) is 8.34. The smallest absolute Gasteiger partial charge is 0.223 e. The molecule has 1 aliphatic rings. The molecule has 1 fully saturated rings. The highest BCUT2D eigenvalue weighted by atomic mass is 79.9. The Bertz CT molecular complexity index is 1250. The highest BCUT2D eigenvalue weighted by Gasteiger charge is 2.26. The predicted octanol–water partition coefficient (Wildman–Crippen LogP) is 6.10. The molecule has 1 atom stereocenters. The van der Waals surface area contributed by atoms with E-state index in [1.165, 1.54) is 5.39 Å². The molecule has 0 bridgehead atoms. The van der Waals surface area contributed by atoms with Crippen LogP contribution in [0.15, 0.2) is 65.4 Å². The Morgan fingerprint density at radius 2 is 1.97 bits per heavy atom. The maximum Gasteiger partial charge on any atom is 0.223 e. The van der Waals surface area contributed by atoms with Crippen LogP contribution in [0, 0.1) is 6.92 Å². The maximum absolute atomic E-state index is 4.98. The Hall–Kier alpha value is -2.70. The van der Waals surface area contributed by atoms with Gasteiger partial charge in [-0.25, -0.2) is 9.97 Å². The second kappa shape index (κ2) is 8.34. The van der Waals surface area contributed by atoms with E-state index in [4.69, 9.17) is 4.98 Å². The van der Waals surface area contributed by atoms with Gasteiger partial charge in [0.2, 0.25) is 5.95 Å². The molecule has 5 rings (SSSR count). The van der Waals surface area contributed by atoms with Gasteiger partial charge in [-0.15, -0.1) is 0 Å². The number of nitrogens with zero attached hydrogens (tertiary/aromatic N) is 3. The standard InChI is InChI=1S/C26H28BrN5/c1-17-14-28-25(30-19-11-12-26(2,3)29-15-19)31-24(17)22-16-32(20-7-5-4-6-8-20)23-13-18(27)9-10-21(22)23/h4-10,13-14,16,19,29H,11-12,15H2,1-3H3,(H,28,30,31)/t19-/m0/s1. The first-order valence-electron chi connectivity index (χ1n) is 11.1. The van der Waals surface area contributed by atoms with E-state index in [0.29, 0.717) is 12.0 Å². The lowest BCUT2D eigenvalue weighted by atomic mass is 9.91. The maximum atomic E-state index is 4.98. The van der Waals surface area contributed by atoms with Crippen molar-refractivity contribution in [1.82, 2.24) is 19.9 Å². The number of halogens is 1. The van der Waals surface area contributed by atoms with Gasteiger partial charge in [-0.05, 0) is 63.4 Å². The number of aromatic nitrogens is 3. The SMILES string of the molecule is Cc1cnc(N[C@H]2CCC(C)(C)NC2)nc1-c1cn(-c2ccccc2)c2cc(Br)ccc12. The number of para-hydroxylation sites is 1. The number of fused-ring (bicyclic) bond motifs is 1. The summed E-state index contributed by atoms with van der Waals surface area (Å²) >= 11 is 3.64. The van der Waals surface area contributed by atoms with E-state index < -0.39 is 0 Å². The zero-order chi connectivity index (χ0) is 22.3. The van der Waals surface area contributed by atoms with E-state index in [0.717, 1.165) is 51.9 Å². The van der Waals surface area contributed by atoms with Crippen LogP contribution >= 0.6 is 15.9 Å². The molecule has 0 radical (unpaired) electrons. The normalized spacial score (nSPS) is 18.1. The first-order valence-corrected chi connectivity index (χ1v) is 11.9. The Kier molecular flexibility index (Phi) is 5.51. The van der Waals surface area contributed by atoms with Crippen molar-refractivity contribution < 1.29 is 0 Å². The minimum atomic E-state index is 0.199. The molecule has 0 amide bonds. The van der Waals surface area contributed by atoms with E-state index in [-0.39, 0.29) is 5.54 Å². The molecule has 1 aliphatic heterocycles. The molecule has 5 nitrogen and oxygen atoms in total. The third-order valence-corrected chi connectivity index (χ3v) is 6.80. The highest BCUT2D eigenvalue weighted by Crippen LogP contribution is 2.35. The number of piperidine rings is 1. The minimum Gasteiger partial charge on any atom is -0.350 e. The number of rotatable bonds is 4. The van der Waals surface area contributed by atoms with Crippen molar-refractivity contribution in [3.05, 3.63) is 71.0 Å². The van der Waals surface area contributed by atoms with Gasteiger partial charge in [0, 0.05) is 51.6 Å². The molecule has 0 spiro atoms. The van der Waals surface area contributed by atoms with Gasteiger partial charge in [-0.3, -0.25) is 0 Å². The van der Waals surface area contributed by atoms with E-state index in [1.807, 2.05) is 12.3 Å². The quantitative estimate of drug-likeness (QED) is 0.363. The number of anilines is 1. The number of hydrogen-bond acceptors (Lipinski definition) is 4. The number of nitrogens with one attached hydrogen (secondary N) is 2. The lowest BCUT2D eigenvalue weighted by Gasteiger charge is -2.36. The van der Waals surface area contributed by atoms with Crippen LogP contribution in [0.5, 0.6) is 0 Å². The summed E-state index contributed by atoms with van der Waals surface area (Å²) in [6.45, 7) is 7.50. The van der Waals surface area contributed by atoms with Crippen molar-refractivity contribution in [3.63, 3.8) is 0 Å². The van der Waals surface area contributed by atoms with Crippen LogP contribution in [0.3, 0.4) is 0 Å². The van der Waals surface area contributed by atoms with Gasteiger partial charge < -0.3 is 15.2 Å². The monoisotopic (exact) mass is 489 g/mol. The fourth-order valence-electron chi connectivity index (χ4n) is 4.41. The molecule has 32 heavy (non-hydrogen) atoms. The third-order valence-electron chi connectivity index (χ3n) is 6.31. The predicted molar refractivity (Wildman–Crippen MR) is 135 cm³/mol. The van der Waals surface area contributed by atoms with Gasteiger partial charge in [0.25, 0.3) is 0 Å². The first-order chi connectivity index (χ1) is 15.4. The average molecular weight is 490 g/mol. The van der Waals surface area contributed by atoms with Crippen LogP contribution in [-0.2, 0) is 0 Å². The Balaban J connectivity index is 1.55. The molecule has 0 unspecified atom stereocenters. The molecular weight excluding hydrogens is 462 g/mol. The number of hydrogen-bond donors (Lipinski definition) is 2. The van der Waals surface area contributed by atoms with Crippen molar-refractivity contribution in [2.75, 3.05) is 11.9 Å². The summed E-state index contributed by atoms with van der Waals surface area (Å²) in [4.78, 5) is 9.57. The van der Waals surface area contributed by atoms with Gasteiger partial charge >= 0.3 is 0 Å². The molecule has 3 heterocycles. The van der Waals surface area contributed by atoms with Gasteiger partial charge in [0.05, 0.1) is 11.2 Å². The highest BCUT2D eigenvalue weighted by molar-refractivity contribution is 9.10. The lowest BCUT2D eigenvalue weighted by Crippen LogP contribution is -2.50. The molecule has 0 aliphatic carbocycles. The van der Waals surface area contributed by atoms with Crippen molar-refractivity contribution in [2.24, 2.45) is 0 Å². The number of aryl methyl sites for hydroxylation is 1. The molecule has 0 saturated carbocycles. The molecular formula is C26H28BrN5. The molecule has 4 aromatic rings. The van der Waals surface area contributed by atoms with Crippen molar-refractivity contribution in [1.29, 1.82) is 0 Å². The third kappa shape index (κ3) is 4.17. The van der Waals surface area contributed by atoms with Gasteiger partial charge in [-0.2, -0.15) is 0 Å². The fraction of sp³-hybridized carbons (Fsp3) is 0.308. The molecule has 6 heteroatoms. The molecule has 2 aromatic heterocycles. The second-order valence-electron chi connectivity index (χ2n) is 9.28. The van der Waals surface area contributed by atoms with E-state index in [1.54, 1.807) is 0 Å². The summed E-state index contributed by atoms with van der Waals surface area (Å²) in [5.41, 5.74) is 5.62. The second-order valence-corrected chi connectivity index (χ2v) is 10.2. The Labute approximate surface area is 197 Å². The molecule has 2 aromatic carbocycles. The van der Waals surface area contributed by atoms with Crippen LogP contribution in [0.2, 0.25) is 0 Å². The molecule has 2 N–H and O–H groups in total. The van der Waals surface area contributed by atoms with Crippen LogP contribution in [-0.4, -0.2) is 32.7 Å². The zero-order valence-electron chi connectivity index (χ0n) is 18.7. The lowest BCUT2D eigenvalue weighted by molar-refractivity contribution is 0.289. The number of benzene rings is 2. The van der Waals surface area contributed by atoms with E-state index in [2.05, 4.69) is 106 Å². The summed E-state index contributed by atoms with van der Waals surface area (Å²) in [6, 6.07) is 17.2. The molecule has 1 saturated heterocycles. The van der Waals surface area contributed by atoms with Gasteiger partial charge in [0.15, 0.2) is 0 Å². The largest absolute Gasteiger partial charge is 0.350 e. The van der Waals surface area contributed by atoms with Crippen LogP contribution in [0.1, 0.15) is 32.3 Å². The summed E-state index contributed by atoms with van der Waals surface area (Å²) < 4.78 is 3.29. The van der Waals surface area contributed by atoms with Crippen molar-refractivity contribution in [2.45, 2.75) is 45.2 Å². The van der Waals surface area contributed by atoms with Crippen LogP contribution < -0.4 is 10.6 Å². The summed E-state index contributed by atoms with van der Waals surface area (Å²) in [6.07, 6.45) is 6.35. The summed E-state index contributed by atoms with van der Waals surface area (Å²) in [7, 11) is 0. The topological polar surface area (TPSA) is 54.8 Å². The Morgan fingerprint density at radius 1 is 1.16 bits per heavy atom. The molecule has 164 valence electrons. The fourth-order valence-corrected chi connectivity index (χ4v) is 4.76. The van der Waals surface area contributed by atoms with E-state index in [9.17, 15) is 0 Å². The van der Waals surface area contributed by atoms with Gasteiger partial charge in [-0.1, -0.05) is 40.2 Å². The van der Waals surface area contributed by atoms with Crippen LogP contribution in [0.25, 0.3) is 27.8 Å². The van der Waals surface area contributed by atoms with E-state index >= 15 is 0 Å². The van der Waals surface area contributed by atoms with Crippen molar-refractivity contribution >= 4 is 32.8 Å². The summed E-state index contributed by atoms with van der Waals surface area (Å²) in [5.74, 6) is 0.690. The minimum absolute atomic E-state index is 0.199. The van der Waals surface area contributed by atoms with Crippen molar-refractivity contribution in [3.8, 4) is 16.9 Å². The van der Waals surface area contributed by atoms with Gasteiger partial charge in [0.1, 0.15) is 0 Å². The first kappa shape index (κ1) is 21.2. The average Bonchev–Trinajstić information content (AvgIpc) is 3.15. The Morgan fingerprint density at radius 3 is 2.72 bits per heavy atom. The zero-order valence-corrected chi connectivity index (χ0v) is 20.3.